The van der Waals surface area contributed by atoms with Crippen molar-refractivity contribution >= 4 is 23.1 Å². The zero-order chi connectivity index (χ0) is 6.57. The number of hydrogen-bond donors (Lipinski definition) is 2. The van der Waals surface area contributed by atoms with E-state index in [4.69, 9.17) is 10.0 Å². The molecule has 0 amide bonds. The van der Waals surface area contributed by atoms with Crippen LogP contribution in [0.2, 0.25) is 13.1 Å². The van der Waals surface area contributed by atoms with Crippen LogP contribution < -0.4 is 0 Å². The lowest BCUT2D eigenvalue weighted by Gasteiger charge is -2.05. The van der Waals surface area contributed by atoms with Crippen LogP contribution in [0.25, 0.3) is 0 Å². The molecule has 0 aromatic rings. The van der Waals surface area contributed by atoms with E-state index >= 15 is 0 Å². The Balaban J connectivity index is 3.17. The van der Waals surface area contributed by atoms with Gasteiger partial charge in [-0.25, -0.2) is 0 Å². The van der Waals surface area contributed by atoms with Gasteiger partial charge in [0.15, 0.2) is 0 Å². The van der Waals surface area contributed by atoms with Crippen molar-refractivity contribution in [2.75, 3.05) is 0 Å². The van der Waals surface area contributed by atoms with Crippen molar-refractivity contribution in [2.45, 2.75) is 13.1 Å². The van der Waals surface area contributed by atoms with Gasteiger partial charge in [0.05, 0.1) is 8.67 Å². The summed E-state index contributed by atoms with van der Waals surface area (Å²) in [4.78, 5) is 0. The first-order valence-electron chi connectivity index (χ1n) is 2.48. The Kier molecular flexibility index (Phi) is 4.26. The first-order chi connectivity index (χ1) is 3.68. The van der Waals surface area contributed by atoms with Gasteiger partial charge < -0.3 is 14.6 Å². The van der Waals surface area contributed by atoms with Gasteiger partial charge in [-0.15, -0.1) is 0 Å². The van der Waals surface area contributed by atoms with Crippen molar-refractivity contribution in [3.05, 3.63) is 0 Å². The Morgan fingerprint density at radius 1 is 1.62 bits per heavy atom. The summed E-state index contributed by atoms with van der Waals surface area (Å²) in [6.07, 6.45) is 0. The molecule has 0 aromatic heterocycles. The molecule has 0 fully saturated rings. The minimum absolute atomic E-state index is 0.525. The first kappa shape index (κ1) is 8.23. The lowest BCUT2D eigenvalue weighted by molar-refractivity contribution is 0.398. The minimum Gasteiger partial charge on any atom is -0.457 e. The van der Waals surface area contributed by atoms with Crippen LogP contribution in [0.1, 0.15) is 0 Å². The molecule has 0 saturated carbocycles. The molecule has 1 radical (unpaired) electrons. The molecule has 0 heterocycles. The van der Waals surface area contributed by atoms with Crippen molar-refractivity contribution in [3.63, 3.8) is 0 Å². The van der Waals surface area contributed by atoms with Gasteiger partial charge in [0.1, 0.15) is 0 Å². The van der Waals surface area contributed by atoms with E-state index in [0.717, 1.165) is 0 Å². The van der Waals surface area contributed by atoms with E-state index in [-0.39, 0.29) is 0 Å². The van der Waals surface area contributed by atoms with Crippen molar-refractivity contribution in [2.24, 2.45) is 0 Å². The van der Waals surface area contributed by atoms with Gasteiger partial charge in [-0.05, 0) is 0 Å². The quantitative estimate of drug-likeness (QED) is 0.461. The average molecular weight is 131 g/mol. The fourth-order valence-electron chi connectivity index (χ4n) is 0.219. The zero-order valence-electron chi connectivity index (χ0n) is 5.03. The lowest BCUT2D eigenvalue weighted by atomic mass is 10.3. The molecule has 0 bridgehead atoms. The molecule has 0 spiro atoms. The third-order valence-corrected chi connectivity index (χ3v) is 2.07. The molecule has 0 aliphatic carbocycles. The number of rotatable bonds is 3. The first-order valence-corrected chi connectivity index (χ1v) is 5.45. The smallest absolute Gasteiger partial charge is 0.457 e. The van der Waals surface area contributed by atoms with Gasteiger partial charge in [0.25, 0.3) is 0 Å². The fourth-order valence-corrected chi connectivity index (χ4v) is 0.604. The Morgan fingerprint density at radius 2 is 2.12 bits per heavy atom. The lowest BCUT2D eigenvalue weighted by Crippen LogP contribution is -2.34. The molecule has 0 atom stereocenters. The van der Waals surface area contributed by atoms with Crippen LogP contribution in [0, 0.1) is 0 Å². The molecule has 0 aliphatic heterocycles. The molecule has 8 heavy (non-hydrogen) atoms. The van der Waals surface area contributed by atoms with Crippen molar-refractivity contribution in [3.8, 4) is 0 Å². The largest absolute Gasteiger partial charge is 0.470 e. The molecule has 0 unspecified atom stereocenters. The summed E-state index contributed by atoms with van der Waals surface area (Å²) in [5.74, 6) is 0. The monoisotopic (exact) mass is 131 g/mol. The van der Waals surface area contributed by atoms with Gasteiger partial charge in [0.2, 0.25) is 0 Å². The maximum atomic E-state index is 8.77. The summed E-state index contributed by atoms with van der Waals surface area (Å²) < 4.78 is 4.35. The second-order valence-electron chi connectivity index (χ2n) is 1.88. The second-order valence-corrected chi connectivity index (χ2v) is 4.93. The number of hydrogen-bond acceptors (Lipinski definition) is 3. The van der Waals surface area contributed by atoms with Crippen LogP contribution in [0.5, 0.6) is 0 Å². The summed E-state index contributed by atoms with van der Waals surface area (Å²) in [6, 6.07) is 0. The van der Waals surface area contributed by atoms with Crippen LogP contribution in [-0.2, 0) is 4.57 Å². The molecule has 2 N–H and O–H groups in total. The van der Waals surface area contributed by atoms with Crippen LogP contribution in [-0.4, -0.2) is 33.1 Å². The molecular weight excluding hydrogens is 122 g/mol. The Labute approximate surface area is 51.7 Å². The van der Waals surface area contributed by atoms with E-state index in [1.807, 2.05) is 13.1 Å². The average Bonchev–Trinajstić information content (AvgIpc) is 1.67. The van der Waals surface area contributed by atoms with Gasteiger partial charge in [0, 0.05) is 0 Å². The normalized spacial score (nSPS) is 9.62. The summed E-state index contributed by atoms with van der Waals surface area (Å²) in [5, 5.41) is 16.8. The van der Waals surface area contributed by atoms with E-state index in [2.05, 4.69) is 4.57 Å². The molecular formula is C2H9B2O3Si. The van der Waals surface area contributed by atoms with E-state index in [1.165, 1.54) is 0 Å². The Bertz CT molecular complexity index is 61.2. The van der Waals surface area contributed by atoms with Crippen LogP contribution in [0.15, 0.2) is 0 Å². The fraction of sp³-hybridized carbons (Fsp3) is 1.00. The zero-order valence-corrected chi connectivity index (χ0v) is 6.19. The van der Waals surface area contributed by atoms with E-state index in [1.54, 1.807) is 0 Å². The summed E-state index contributed by atoms with van der Waals surface area (Å²) in [7, 11) is -0.615. The molecule has 0 aromatic carbocycles. The third-order valence-electron chi connectivity index (χ3n) is 0.771. The van der Waals surface area contributed by atoms with Crippen molar-refractivity contribution in [1.29, 1.82) is 0 Å². The SMILES string of the molecule is C[SiH](C)B(O)O[B]O. The molecule has 0 saturated heterocycles. The summed E-state index contributed by atoms with van der Waals surface area (Å²) in [6.45, 7) is 3.10. The van der Waals surface area contributed by atoms with Gasteiger partial charge in [-0.3, -0.25) is 0 Å². The molecule has 3 nitrogen and oxygen atoms in total. The Morgan fingerprint density at radius 3 is 2.25 bits per heavy atom. The van der Waals surface area contributed by atoms with E-state index < -0.39 is 15.4 Å². The maximum Gasteiger partial charge on any atom is 0.470 e. The predicted octanol–water partition coefficient (Wildman–Crippen LogP) is -1.42. The maximum absolute atomic E-state index is 8.77. The molecule has 0 rings (SSSR count). The summed E-state index contributed by atoms with van der Waals surface area (Å²) >= 11 is 0. The Hall–Kier alpha value is 0.227. The van der Waals surface area contributed by atoms with Crippen molar-refractivity contribution < 1.29 is 14.6 Å². The van der Waals surface area contributed by atoms with E-state index in [0.29, 0.717) is 7.69 Å². The third kappa shape index (κ3) is 3.26. The van der Waals surface area contributed by atoms with Crippen LogP contribution in [0.4, 0.5) is 0 Å². The highest BCUT2D eigenvalue weighted by Gasteiger charge is 2.17. The second kappa shape index (κ2) is 4.14. The highest BCUT2D eigenvalue weighted by Crippen LogP contribution is 1.85. The van der Waals surface area contributed by atoms with E-state index in [9.17, 15) is 0 Å². The van der Waals surface area contributed by atoms with Gasteiger partial charge in [-0.1, -0.05) is 13.1 Å². The highest BCUT2D eigenvalue weighted by atomic mass is 28.3. The molecule has 0 aliphatic rings. The topological polar surface area (TPSA) is 49.7 Å². The molecule has 45 valence electrons. The van der Waals surface area contributed by atoms with Crippen molar-refractivity contribution in [1.82, 2.24) is 0 Å². The van der Waals surface area contributed by atoms with Gasteiger partial charge >= 0.3 is 14.4 Å². The minimum atomic E-state index is -1.14. The molecule has 6 heteroatoms. The predicted molar refractivity (Wildman–Crippen MR) is 35.9 cm³/mol. The van der Waals surface area contributed by atoms with Crippen LogP contribution in [0.3, 0.4) is 0 Å². The van der Waals surface area contributed by atoms with Crippen LogP contribution >= 0.6 is 0 Å². The standard InChI is InChI=1S/C2H9B2O3Si/c1-8(2)4(6)7-3-5/h5-6,8H,1-2H3. The summed E-state index contributed by atoms with van der Waals surface area (Å²) in [5.41, 5.74) is 0. The highest BCUT2D eigenvalue weighted by molar-refractivity contribution is 7.15. The van der Waals surface area contributed by atoms with Gasteiger partial charge in [-0.2, -0.15) is 0 Å².